The van der Waals surface area contributed by atoms with E-state index in [-0.39, 0.29) is 15.8 Å². The molecule has 9 heteroatoms. The first-order chi connectivity index (χ1) is 13.3. The molecule has 0 spiro atoms. The summed E-state index contributed by atoms with van der Waals surface area (Å²) < 4.78 is 55.1. The maximum Gasteiger partial charge on any atom is 0.243 e. The third kappa shape index (κ3) is 4.94. The molecular formula is C19H31N3O4S2. The van der Waals surface area contributed by atoms with Gasteiger partial charge >= 0.3 is 0 Å². The van der Waals surface area contributed by atoms with Crippen LogP contribution in [0.4, 0.5) is 0 Å². The van der Waals surface area contributed by atoms with Crippen molar-refractivity contribution in [2.45, 2.75) is 61.3 Å². The van der Waals surface area contributed by atoms with Crippen molar-refractivity contribution in [3.8, 4) is 0 Å². The molecule has 0 amide bonds. The quantitative estimate of drug-likeness (QED) is 0.683. The second kappa shape index (κ2) is 9.21. The van der Waals surface area contributed by atoms with Gasteiger partial charge < -0.3 is 4.90 Å². The number of benzene rings is 1. The number of hydrogen-bond acceptors (Lipinski definition) is 5. The van der Waals surface area contributed by atoms with Crippen molar-refractivity contribution >= 4 is 20.0 Å². The van der Waals surface area contributed by atoms with E-state index in [4.69, 9.17) is 0 Å². The highest BCUT2D eigenvalue weighted by molar-refractivity contribution is 7.89. The molecule has 0 aliphatic carbocycles. The minimum atomic E-state index is -3.64. The number of likely N-dealkylation sites (tertiary alicyclic amines) is 1. The molecule has 2 heterocycles. The molecule has 2 fully saturated rings. The van der Waals surface area contributed by atoms with Crippen LogP contribution in [-0.4, -0.2) is 64.8 Å². The van der Waals surface area contributed by atoms with E-state index >= 15 is 0 Å². The molecule has 1 aromatic carbocycles. The summed E-state index contributed by atoms with van der Waals surface area (Å²) in [6.07, 6.45) is 5.90. The molecule has 158 valence electrons. The van der Waals surface area contributed by atoms with Crippen LogP contribution in [0.2, 0.25) is 0 Å². The third-order valence-electron chi connectivity index (χ3n) is 5.70. The lowest BCUT2D eigenvalue weighted by Crippen LogP contribution is -2.43. The second-order valence-electron chi connectivity index (χ2n) is 7.59. The SMILES string of the molecule is CC[C@@H]1CCCCN1S(=O)(=O)c1ccc(S(=O)(=O)NCCN2CCCC2)cc1. The zero-order chi connectivity index (χ0) is 20.2. The normalized spacial score (nSPS) is 22.5. The standard InChI is InChI=1S/C19H31N3O4S2/c1-2-17-7-3-4-15-22(17)28(25,26)19-10-8-18(9-11-19)27(23,24)20-12-16-21-13-5-6-14-21/h8-11,17,20H,2-7,12-16H2,1H3/t17-/m1/s1. The lowest BCUT2D eigenvalue weighted by molar-refractivity contribution is 0.246. The predicted octanol–water partition coefficient (Wildman–Crippen LogP) is 2.01. The Kier molecular flexibility index (Phi) is 7.14. The number of hydrogen-bond donors (Lipinski definition) is 1. The minimum Gasteiger partial charge on any atom is -0.302 e. The topological polar surface area (TPSA) is 86.8 Å². The van der Waals surface area contributed by atoms with Crippen LogP contribution < -0.4 is 4.72 Å². The summed E-state index contributed by atoms with van der Waals surface area (Å²) >= 11 is 0. The molecule has 1 N–H and O–H groups in total. The van der Waals surface area contributed by atoms with Crippen molar-refractivity contribution in [1.82, 2.24) is 13.9 Å². The number of nitrogens with one attached hydrogen (secondary N) is 1. The molecule has 2 aliphatic rings. The lowest BCUT2D eigenvalue weighted by atomic mass is 10.0. The maximum absolute atomic E-state index is 13.0. The third-order valence-corrected chi connectivity index (χ3v) is 9.15. The van der Waals surface area contributed by atoms with Gasteiger partial charge in [0.15, 0.2) is 0 Å². The largest absolute Gasteiger partial charge is 0.302 e. The van der Waals surface area contributed by atoms with Crippen LogP contribution in [0.5, 0.6) is 0 Å². The van der Waals surface area contributed by atoms with Crippen LogP contribution in [-0.2, 0) is 20.0 Å². The summed E-state index contributed by atoms with van der Waals surface area (Å²) in [5.41, 5.74) is 0. The Morgan fingerprint density at radius 3 is 2.18 bits per heavy atom. The van der Waals surface area contributed by atoms with Gasteiger partial charge in [0.2, 0.25) is 20.0 Å². The Balaban J connectivity index is 1.67. The van der Waals surface area contributed by atoms with E-state index in [0.29, 0.717) is 19.6 Å². The summed E-state index contributed by atoms with van der Waals surface area (Å²) in [6.45, 7) is 5.61. The summed E-state index contributed by atoms with van der Waals surface area (Å²) in [5, 5.41) is 0. The fraction of sp³-hybridized carbons (Fsp3) is 0.684. The van der Waals surface area contributed by atoms with Crippen LogP contribution in [0.1, 0.15) is 45.4 Å². The van der Waals surface area contributed by atoms with E-state index in [1.54, 1.807) is 4.31 Å². The fourth-order valence-corrected chi connectivity index (χ4v) is 6.84. The zero-order valence-corrected chi connectivity index (χ0v) is 18.1. The predicted molar refractivity (Wildman–Crippen MR) is 109 cm³/mol. The van der Waals surface area contributed by atoms with E-state index in [0.717, 1.165) is 38.8 Å². The molecule has 0 bridgehead atoms. The van der Waals surface area contributed by atoms with Crippen molar-refractivity contribution in [2.75, 3.05) is 32.7 Å². The van der Waals surface area contributed by atoms with E-state index in [9.17, 15) is 16.8 Å². The number of piperidine rings is 1. The van der Waals surface area contributed by atoms with Gasteiger partial charge in [-0.15, -0.1) is 0 Å². The molecule has 2 saturated heterocycles. The van der Waals surface area contributed by atoms with Crippen molar-refractivity contribution < 1.29 is 16.8 Å². The van der Waals surface area contributed by atoms with Crippen molar-refractivity contribution in [2.24, 2.45) is 0 Å². The minimum absolute atomic E-state index is 0.0226. The first-order valence-corrected chi connectivity index (χ1v) is 13.1. The summed E-state index contributed by atoms with van der Waals surface area (Å²) in [5.74, 6) is 0. The highest BCUT2D eigenvalue weighted by Gasteiger charge is 2.32. The Labute approximate surface area is 169 Å². The molecule has 0 radical (unpaired) electrons. The number of rotatable bonds is 8. The molecule has 1 aromatic rings. The number of nitrogens with zero attached hydrogens (tertiary/aromatic N) is 2. The van der Waals surface area contributed by atoms with Gasteiger partial charge in [0, 0.05) is 25.7 Å². The fourth-order valence-electron chi connectivity index (χ4n) is 4.05. The van der Waals surface area contributed by atoms with Gasteiger partial charge in [-0.3, -0.25) is 0 Å². The van der Waals surface area contributed by atoms with Gasteiger partial charge in [0.1, 0.15) is 0 Å². The molecule has 3 rings (SSSR count). The Morgan fingerprint density at radius 2 is 1.54 bits per heavy atom. The van der Waals surface area contributed by atoms with Crippen LogP contribution in [0.3, 0.4) is 0 Å². The average Bonchev–Trinajstić information content (AvgIpc) is 3.21. The highest BCUT2D eigenvalue weighted by atomic mass is 32.2. The van der Waals surface area contributed by atoms with Gasteiger partial charge in [-0.1, -0.05) is 13.3 Å². The van der Waals surface area contributed by atoms with Gasteiger partial charge in [-0.05, 0) is 69.5 Å². The van der Waals surface area contributed by atoms with Gasteiger partial charge in [-0.2, -0.15) is 4.31 Å². The molecule has 0 unspecified atom stereocenters. The molecule has 0 saturated carbocycles. The highest BCUT2D eigenvalue weighted by Crippen LogP contribution is 2.27. The van der Waals surface area contributed by atoms with Crippen molar-refractivity contribution in [3.63, 3.8) is 0 Å². The molecule has 28 heavy (non-hydrogen) atoms. The van der Waals surface area contributed by atoms with Gasteiger partial charge in [0.05, 0.1) is 9.79 Å². The molecule has 0 aromatic heterocycles. The van der Waals surface area contributed by atoms with Crippen LogP contribution >= 0.6 is 0 Å². The van der Waals surface area contributed by atoms with E-state index < -0.39 is 20.0 Å². The Morgan fingerprint density at radius 1 is 0.929 bits per heavy atom. The Hall–Kier alpha value is -1.00. The maximum atomic E-state index is 13.0. The summed E-state index contributed by atoms with van der Waals surface area (Å²) in [6, 6.07) is 5.61. The molecule has 7 nitrogen and oxygen atoms in total. The lowest BCUT2D eigenvalue weighted by Gasteiger charge is -2.34. The van der Waals surface area contributed by atoms with E-state index in [1.165, 1.54) is 37.1 Å². The number of sulfonamides is 2. The summed E-state index contributed by atoms with van der Waals surface area (Å²) in [7, 11) is -7.24. The monoisotopic (exact) mass is 429 g/mol. The van der Waals surface area contributed by atoms with E-state index in [1.807, 2.05) is 6.92 Å². The van der Waals surface area contributed by atoms with Crippen LogP contribution in [0, 0.1) is 0 Å². The molecule has 2 aliphatic heterocycles. The Bertz CT molecular complexity index is 848. The first-order valence-electron chi connectivity index (χ1n) is 10.2. The van der Waals surface area contributed by atoms with Crippen molar-refractivity contribution in [1.29, 1.82) is 0 Å². The van der Waals surface area contributed by atoms with Crippen LogP contribution in [0.25, 0.3) is 0 Å². The molecule has 1 atom stereocenters. The molecular weight excluding hydrogens is 398 g/mol. The summed E-state index contributed by atoms with van der Waals surface area (Å²) in [4.78, 5) is 2.49. The first kappa shape index (κ1) is 21.7. The second-order valence-corrected chi connectivity index (χ2v) is 11.2. The van der Waals surface area contributed by atoms with Crippen LogP contribution in [0.15, 0.2) is 34.1 Å². The smallest absolute Gasteiger partial charge is 0.243 e. The van der Waals surface area contributed by atoms with Gasteiger partial charge in [-0.25, -0.2) is 21.6 Å². The van der Waals surface area contributed by atoms with E-state index in [2.05, 4.69) is 9.62 Å². The zero-order valence-electron chi connectivity index (χ0n) is 16.5. The van der Waals surface area contributed by atoms with Gasteiger partial charge in [0.25, 0.3) is 0 Å². The average molecular weight is 430 g/mol. The van der Waals surface area contributed by atoms with Crippen molar-refractivity contribution in [3.05, 3.63) is 24.3 Å².